The third-order valence-corrected chi connectivity index (χ3v) is 7.26. The van der Waals surface area contributed by atoms with Crippen molar-refractivity contribution in [2.24, 2.45) is 0 Å². The van der Waals surface area contributed by atoms with E-state index in [1.165, 1.54) is 19.3 Å². The average molecular weight is 446 g/mol. The fraction of sp³-hybridized carbons (Fsp3) is 0.520. The van der Waals surface area contributed by atoms with Crippen molar-refractivity contribution >= 4 is 11.7 Å². The average Bonchev–Trinajstić information content (AvgIpc) is 2.84. The first kappa shape index (κ1) is 21.8. The van der Waals surface area contributed by atoms with Gasteiger partial charge in [-0.1, -0.05) is 18.6 Å². The van der Waals surface area contributed by atoms with Crippen LogP contribution in [-0.2, 0) is 4.79 Å². The summed E-state index contributed by atoms with van der Waals surface area (Å²) in [6, 6.07) is 10.3. The number of nitriles is 1. The smallest absolute Gasteiger partial charge is 0.236 e. The maximum Gasteiger partial charge on any atom is 0.236 e. The third-order valence-electron chi connectivity index (χ3n) is 7.26. The van der Waals surface area contributed by atoms with Crippen molar-refractivity contribution in [2.75, 3.05) is 63.8 Å². The first-order chi connectivity index (χ1) is 16.2. The van der Waals surface area contributed by atoms with Crippen molar-refractivity contribution in [3.63, 3.8) is 0 Å². The zero-order valence-electron chi connectivity index (χ0n) is 19.1. The van der Waals surface area contributed by atoms with Gasteiger partial charge in [0.2, 0.25) is 5.91 Å². The van der Waals surface area contributed by atoms with Gasteiger partial charge in [0.05, 0.1) is 36.3 Å². The molecule has 2 aromatic rings. The maximum atomic E-state index is 12.8. The molecule has 33 heavy (non-hydrogen) atoms. The first-order valence-corrected chi connectivity index (χ1v) is 12.0. The van der Waals surface area contributed by atoms with Gasteiger partial charge in [-0.25, -0.2) is 4.98 Å². The number of nitrogens with zero attached hydrogens (tertiary/aromatic N) is 7. The number of carbonyl (C=O) groups is 1. The van der Waals surface area contributed by atoms with E-state index in [1.807, 2.05) is 18.3 Å². The van der Waals surface area contributed by atoms with Crippen LogP contribution in [0.4, 0.5) is 5.82 Å². The molecule has 5 rings (SSSR count). The summed E-state index contributed by atoms with van der Waals surface area (Å²) in [5.74, 6) is 1.13. The molecule has 0 unspecified atom stereocenters. The number of hydrogen-bond donors (Lipinski definition) is 0. The number of anilines is 1. The molecular formula is C25H31N7O. The zero-order valence-corrected chi connectivity index (χ0v) is 19.1. The second-order valence-corrected chi connectivity index (χ2v) is 9.21. The Hall–Kier alpha value is -3.02. The Bertz CT molecular complexity index is 981. The van der Waals surface area contributed by atoms with Crippen molar-refractivity contribution in [1.29, 1.82) is 5.26 Å². The zero-order chi connectivity index (χ0) is 22.6. The van der Waals surface area contributed by atoms with Gasteiger partial charge >= 0.3 is 0 Å². The highest BCUT2D eigenvalue weighted by Gasteiger charge is 2.30. The van der Waals surface area contributed by atoms with Crippen LogP contribution in [0.1, 0.15) is 24.8 Å². The van der Waals surface area contributed by atoms with E-state index in [1.54, 1.807) is 18.3 Å². The van der Waals surface area contributed by atoms with Gasteiger partial charge in [-0.15, -0.1) is 0 Å². The third kappa shape index (κ3) is 5.00. The summed E-state index contributed by atoms with van der Waals surface area (Å²) in [5, 5.41) is 8.94. The van der Waals surface area contributed by atoms with Crippen molar-refractivity contribution < 1.29 is 4.79 Å². The van der Waals surface area contributed by atoms with Crippen LogP contribution in [0.25, 0.3) is 11.3 Å². The number of carbonyl (C=O) groups excluding carboxylic acids is 1. The lowest BCUT2D eigenvalue weighted by atomic mass is 9.91. The number of aromatic nitrogens is 2. The van der Waals surface area contributed by atoms with Crippen LogP contribution in [-0.4, -0.2) is 95.5 Å². The molecule has 0 radical (unpaired) electrons. The molecule has 0 spiro atoms. The van der Waals surface area contributed by atoms with Crippen LogP contribution >= 0.6 is 0 Å². The minimum atomic E-state index is 0.267. The largest absolute Gasteiger partial charge is 0.353 e. The van der Waals surface area contributed by atoms with Gasteiger partial charge in [0.25, 0.3) is 0 Å². The minimum absolute atomic E-state index is 0.267. The Kier molecular flexibility index (Phi) is 6.51. The number of hydrogen-bond acceptors (Lipinski definition) is 7. The van der Waals surface area contributed by atoms with E-state index in [2.05, 4.69) is 35.6 Å². The van der Waals surface area contributed by atoms with E-state index < -0.39 is 0 Å². The van der Waals surface area contributed by atoms with E-state index in [-0.39, 0.29) is 5.91 Å². The molecule has 3 aliphatic rings. The molecule has 0 atom stereocenters. The van der Waals surface area contributed by atoms with Gasteiger partial charge < -0.3 is 9.80 Å². The second-order valence-electron chi connectivity index (χ2n) is 9.21. The molecule has 0 bridgehead atoms. The lowest BCUT2D eigenvalue weighted by Crippen LogP contribution is -2.56. The highest BCUT2D eigenvalue weighted by Crippen LogP contribution is 2.25. The fourth-order valence-corrected chi connectivity index (χ4v) is 4.86. The van der Waals surface area contributed by atoms with Crippen LogP contribution in [0.2, 0.25) is 0 Å². The lowest BCUT2D eigenvalue weighted by molar-refractivity contribution is -0.134. The van der Waals surface area contributed by atoms with E-state index >= 15 is 0 Å². The quantitative estimate of drug-likeness (QED) is 0.695. The van der Waals surface area contributed by atoms with Gasteiger partial charge in [0, 0.05) is 64.0 Å². The molecule has 2 saturated heterocycles. The van der Waals surface area contributed by atoms with Crippen molar-refractivity contribution in [3.8, 4) is 17.3 Å². The van der Waals surface area contributed by atoms with Crippen LogP contribution in [0, 0.1) is 11.3 Å². The summed E-state index contributed by atoms with van der Waals surface area (Å²) in [6.07, 6.45) is 7.63. The Morgan fingerprint density at radius 3 is 2.24 bits per heavy atom. The normalized spacial score (nSPS) is 20.3. The van der Waals surface area contributed by atoms with E-state index in [0.29, 0.717) is 12.1 Å². The fourth-order valence-electron chi connectivity index (χ4n) is 4.86. The molecule has 8 heteroatoms. The Morgan fingerprint density at radius 1 is 0.939 bits per heavy atom. The summed E-state index contributed by atoms with van der Waals surface area (Å²) in [4.78, 5) is 31.1. The van der Waals surface area contributed by atoms with E-state index in [9.17, 15) is 4.79 Å². The standard InChI is InChI=1S/C25H31N7O/c26-16-20-4-6-21(7-5-20)23-17-28-24(18-27-23)31-10-8-29(9-11-31)19-25(33)32-14-12-30(13-15-32)22-2-1-3-22/h4-7,17-18,22H,1-3,8-15,19H2. The minimum Gasteiger partial charge on any atom is -0.353 e. The lowest BCUT2D eigenvalue weighted by Gasteiger charge is -2.43. The molecule has 1 aromatic heterocycles. The van der Waals surface area contributed by atoms with Gasteiger partial charge in [-0.2, -0.15) is 5.26 Å². The predicted octanol–water partition coefficient (Wildman–Crippen LogP) is 1.83. The molecule has 1 amide bonds. The molecule has 2 aliphatic heterocycles. The molecular weight excluding hydrogens is 414 g/mol. The number of piperazine rings is 2. The Balaban J connectivity index is 1.08. The first-order valence-electron chi connectivity index (χ1n) is 12.0. The maximum absolute atomic E-state index is 12.8. The highest BCUT2D eigenvalue weighted by molar-refractivity contribution is 5.78. The van der Waals surface area contributed by atoms with Crippen LogP contribution in [0.5, 0.6) is 0 Å². The number of benzene rings is 1. The summed E-state index contributed by atoms with van der Waals surface area (Å²) in [5.41, 5.74) is 2.38. The molecule has 172 valence electrons. The summed E-state index contributed by atoms with van der Waals surface area (Å²) in [6.45, 7) is 7.71. The molecule has 3 fully saturated rings. The highest BCUT2D eigenvalue weighted by atomic mass is 16.2. The second kappa shape index (κ2) is 9.86. The van der Waals surface area contributed by atoms with Crippen molar-refractivity contribution in [3.05, 3.63) is 42.2 Å². The SMILES string of the molecule is N#Cc1ccc(-c2cnc(N3CCN(CC(=O)N4CCN(C5CCC5)CC4)CC3)cn2)cc1. The molecule has 1 aromatic carbocycles. The van der Waals surface area contributed by atoms with Gasteiger partial charge in [-0.3, -0.25) is 19.6 Å². The number of rotatable bonds is 5. The van der Waals surface area contributed by atoms with Crippen LogP contribution in [0.3, 0.4) is 0 Å². The Morgan fingerprint density at radius 2 is 1.67 bits per heavy atom. The number of amides is 1. The van der Waals surface area contributed by atoms with Gasteiger partial charge in [0.1, 0.15) is 5.82 Å². The Labute approximate surface area is 195 Å². The summed E-state index contributed by atoms with van der Waals surface area (Å²) >= 11 is 0. The van der Waals surface area contributed by atoms with Crippen molar-refractivity contribution in [1.82, 2.24) is 24.7 Å². The molecule has 0 N–H and O–H groups in total. The molecule has 8 nitrogen and oxygen atoms in total. The van der Waals surface area contributed by atoms with Crippen LogP contribution < -0.4 is 4.90 Å². The molecule has 1 saturated carbocycles. The summed E-state index contributed by atoms with van der Waals surface area (Å²) in [7, 11) is 0. The van der Waals surface area contributed by atoms with Gasteiger partial charge in [0.15, 0.2) is 0 Å². The van der Waals surface area contributed by atoms with Gasteiger partial charge in [-0.05, 0) is 25.0 Å². The van der Waals surface area contributed by atoms with Crippen LogP contribution in [0.15, 0.2) is 36.7 Å². The van der Waals surface area contributed by atoms with Crippen molar-refractivity contribution in [2.45, 2.75) is 25.3 Å². The molecule has 3 heterocycles. The predicted molar refractivity (Wildman–Crippen MR) is 127 cm³/mol. The van der Waals surface area contributed by atoms with E-state index in [0.717, 1.165) is 75.5 Å². The summed E-state index contributed by atoms with van der Waals surface area (Å²) < 4.78 is 0. The van der Waals surface area contributed by atoms with E-state index in [4.69, 9.17) is 5.26 Å². The monoisotopic (exact) mass is 445 g/mol. The molecule has 1 aliphatic carbocycles. The topological polar surface area (TPSA) is 79.6 Å².